The number of alkyl halides is 3. The third kappa shape index (κ3) is 4.08. The number of rotatable bonds is 5. The van der Waals surface area contributed by atoms with Gasteiger partial charge in [0.2, 0.25) is 12.7 Å². The Balaban J connectivity index is 1.43. The Morgan fingerprint density at radius 3 is 2.71 bits per heavy atom. The molecule has 28 heavy (non-hydrogen) atoms. The summed E-state index contributed by atoms with van der Waals surface area (Å²) in [4.78, 5) is 8.33. The molecule has 1 aliphatic rings. The molecule has 3 aromatic rings. The molecule has 1 aliphatic heterocycles. The summed E-state index contributed by atoms with van der Waals surface area (Å²) in [5, 5.41) is 5.94. The second-order valence-electron chi connectivity index (χ2n) is 6.01. The monoisotopic (exact) mass is 388 g/mol. The summed E-state index contributed by atoms with van der Waals surface area (Å²) in [6.07, 6.45) is -2.89. The molecular weight excluding hydrogens is 373 g/mol. The number of anilines is 3. The molecule has 0 fully saturated rings. The topological polar surface area (TPSA) is 68.3 Å². The third-order valence-corrected chi connectivity index (χ3v) is 4.01. The van der Waals surface area contributed by atoms with Crippen LogP contribution in [0, 0.1) is 0 Å². The second-order valence-corrected chi connectivity index (χ2v) is 6.01. The van der Waals surface area contributed by atoms with E-state index in [1.165, 1.54) is 18.3 Å². The highest BCUT2D eigenvalue weighted by Crippen LogP contribution is 2.33. The highest BCUT2D eigenvalue weighted by Gasteiger charge is 2.30. The van der Waals surface area contributed by atoms with Crippen LogP contribution >= 0.6 is 0 Å². The maximum Gasteiger partial charge on any atom is 0.416 e. The van der Waals surface area contributed by atoms with E-state index in [-0.39, 0.29) is 18.4 Å². The molecule has 4 rings (SSSR count). The van der Waals surface area contributed by atoms with Gasteiger partial charge in [0, 0.05) is 18.4 Å². The van der Waals surface area contributed by atoms with Crippen LogP contribution in [-0.4, -0.2) is 16.8 Å². The first-order valence-electron chi connectivity index (χ1n) is 8.37. The van der Waals surface area contributed by atoms with Crippen LogP contribution in [0.2, 0.25) is 0 Å². The summed E-state index contributed by atoms with van der Waals surface area (Å²) in [5.74, 6) is 2.12. The maximum absolute atomic E-state index is 12.8. The van der Waals surface area contributed by atoms with E-state index in [1.54, 1.807) is 6.07 Å². The molecular formula is C19H15F3N4O2. The van der Waals surface area contributed by atoms with E-state index >= 15 is 0 Å². The van der Waals surface area contributed by atoms with Crippen molar-refractivity contribution in [1.29, 1.82) is 0 Å². The van der Waals surface area contributed by atoms with E-state index in [0.717, 1.165) is 17.7 Å². The molecule has 0 unspecified atom stereocenters. The van der Waals surface area contributed by atoms with E-state index < -0.39 is 11.7 Å². The zero-order valence-corrected chi connectivity index (χ0v) is 14.5. The molecule has 2 heterocycles. The van der Waals surface area contributed by atoms with E-state index in [2.05, 4.69) is 20.6 Å². The van der Waals surface area contributed by atoms with Crippen molar-refractivity contribution >= 4 is 17.5 Å². The normalized spacial score (nSPS) is 12.7. The standard InChI is InChI=1S/C19H15F3N4O2/c20-19(21,22)13-2-1-3-14(9-13)25-18-23-7-6-17(26-18)24-10-12-4-5-15-16(8-12)28-11-27-15/h1-9H,10-11H2,(H2,23,24,25,26). The minimum atomic E-state index is -4.41. The third-order valence-electron chi connectivity index (χ3n) is 4.01. The number of fused-ring (bicyclic) bond motifs is 1. The number of hydrogen-bond acceptors (Lipinski definition) is 6. The fraction of sp³-hybridized carbons (Fsp3) is 0.158. The number of halogens is 3. The number of hydrogen-bond donors (Lipinski definition) is 2. The predicted molar refractivity (Wildman–Crippen MR) is 96.7 cm³/mol. The zero-order chi connectivity index (χ0) is 19.6. The summed E-state index contributed by atoms with van der Waals surface area (Å²) >= 11 is 0. The van der Waals surface area contributed by atoms with Gasteiger partial charge in [-0.15, -0.1) is 0 Å². The minimum Gasteiger partial charge on any atom is -0.454 e. The summed E-state index contributed by atoms with van der Waals surface area (Å²) in [5.41, 5.74) is 0.479. The van der Waals surface area contributed by atoms with Crippen molar-refractivity contribution in [3.05, 3.63) is 65.9 Å². The molecule has 0 saturated carbocycles. The first-order chi connectivity index (χ1) is 13.5. The lowest BCUT2D eigenvalue weighted by Gasteiger charge is -2.11. The molecule has 0 amide bonds. The number of nitrogens with zero attached hydrogens (tertiary/aromatic N) is 2. The van der Waals surface area contributed by atoms with Crippen molar-refractivity contribution in [2.24, 2.45) is 0 Å². The minimum absolute atomic E-state index is 0.190. The smallest absolute Gasteiger partial charge is 0.416 e. The summed E-state index contributed by atoms with van der Waals surface area (Å²) in [6, 6.07) is 12.1. The Labute approximate surface area is 158 Å². The molecule has 0 atom stereocenters. The van der Waals surface area contributed by atoms with Crippen molar-refractivity contribution < 1.29 is 22.6 Å². The number of aromatic nitrogens is 2. The van der Waals surface area contributed by atoms with Gasteiger partial charge in [0.15, 0.2) is 11.5 Å². The van der Waals surface area contributed by atoms with E-state index in [1.807, 2.05) is 18.2 Å². The number of ether oxygens (including phenoxy) is 2. The lowest BCUT2D eigenvalue weighted by molar-refractivity contribution is -0.137. The number of benzene rings is 2. The maximum atomic E-state index is 12.8. The Bertz CT molecular complexity index is 995. The van der Waals surface area contributed by atoms with Gasteiger partial charge >= 0.3 is 6.18 Å². The highest BCUT2D eigenvalue weighted by atomic mass is 19.4. The molecule has 0 aliphatic carbocycles. The van der Waals surface area contributed by atoms with Crippen LogP contribution in [0.15, 0.2) is 54.7 Å². The van der Waals surface area contributed by atoms with Gasteiger partial charge in [-0.05, 0) is 42.0 Å². The van der Waals surface area contributed by atoms with E-state index in [9.17, 15) is 13.2 Å². The van der Waals surface area contributed by atoms with Crippen LogP contribution in [-0.2, 0) is 12.7 Å². The SMILES string of the molecule is FC(F)(F)c1cccc(Nc2nccc(NCc3ccc4c(c3)OCO4)n2)c1. The molecule has 2 N–H and O–H groups in total. The Morgan fingerprint density at radius 2 is 1.86 bits per heavy atom. The first-order valence-corrected chi connectivity index (χ1v) is 8.37. The van der Waals surface area contributed by atoms with Gasteiger partial charge in [-0.1, -0.05) is 12.1 Å². The van der Waals surface area contributed by atoms with Gasteiger partial charge in [0.05, 0.1) is 5.56 Å². The van der Waals surface area contributed by atoms with Crippen molar-refractivity contribution in [1.82, 2.24) is 9.97 Å². The molecule has 0 radical (unpaired) electrons. The number of nitrogens with one attached hydrogen (secondary N) is 2. The summed E-state index contributed by atoms with van der Waals surface area (Å²) in [7, 11) is 0. The average molecular weight is 388 g/mol. The lowest BCUT2D eigenvalue weighted by atomic mass is 10.2. The lowest BCUT2D eigenvalue weighted by Crippen LogP contribution is -2.06. The fourth-order valence-corrected chi connectivity index (χ4v) is 2.66. The van der Waals surface area contributed by atoms with Gasteiger partial charge < -0.3 is 20.1 Å². The zero-order valence-electron chi connectivity index (χ0n) is 14.5. The molecule has 0 saturated heterocycles. The Kier molecular flexibility index (Phi) is 4.64. The Morgan fingerprint density at radius 1 is 1.00 bits per heavy atom. The molecule has 0 spiro atoms. The van der Waals surface area contributed by atoms with Gasteiger partial charge in [0.1, 0.15) is 5.82 Å². The van der Waals surface area contributed by atoms with Gasteiger partial charge in [-0.3, -0.25) is 0 Å². The second kappa shape index (κ2) is 7.26. The highest BCUT2D eigenvalue weighted by molar-refractivity contribution is 5.56. The molecule has 9 heteroatoms. The van der Waals surface area contributed by atoms with Crippen LogP contribution in [0.4, 0.5) is 30.6 Å². The van der Waals surface area contributed by atoms with Crippen molar-refractivity contribution in [2.45, 2.75) is 12.7 Å². The summed E-state index contributed by atoms with van der Waals surface area (Å²) in [6.45, 7) is 0.694. The van der Waals surface area contributed by atoms with Crippen molar-refractivity contribution in [3.63, 3.8) is 0 Å². The largest absolute Gasteiger partial charge is 0.454 e. The van der Waals surface area contributed by atoms with Crippen LogP contribution in [0.5, 0.6) is 11.5 Å². The molecule has 2 aromatic carbocycles. The van der Waals surface area contributed by atoms with Crippen LogP contribution in [0.25, 0.3) is 0 Å². The molecule has 144 valence electrons. The van der Waals surface area contributed by atoms with Crippen LogP contribution in [0.3, 0.4) is 0 Å². The van der Waals surface area contributed by atoms with Crippen molar-refractivity contribution in [2.75, 3.05) is 17.4 Å². The summed E-state index contributed by atoms with van der Waals surface area (Å²) < 4.78 is 49.1. The average Bonchev–Trinajstić information content (AvgIpc) is 3.14. The Hall–Kier alpha value is -3.49. The van der Waals surface area contributed by atoms with Gasteiger partial charge in [0.25, 0.3) is 0 Å². The molecule has 6 nitrogen and oxygen atoms in total. The quantitative estimate of drug-likeness (QED) is 0.667. The fourth-order valence-electron chi connectivity index (χ4n) is 2.66. The predicted octanol–water partition coefficient (Wildman–Crippen LogP) is 4.58. The van der Waals surface area contributed by atoms with Gasteiger partial charge in [-0.2, -0.15) is 18.2 Å². The van der Waals surface area contributed by atoms with Gasteiger partial charge in [-0.25, -0.2) is 4.98 Å². The first kappa shape index (κ1) is 17.9. The van der Waals surface area contributed by atoms with Crippen molar-refractivity contribution in [3.8, 4) is 11.5 Å². The van der Waals surface area contributed by atoms with E-state index in [0.29, 0.717) is 23.9 Å². The molecule has 0 bridgehead atoms. The van der Waals surface area contributed by atoms with E-state index in [4.69, 9.17) is 9.47 Å². The molecule has 1 aromatic heterocycles. The van der Waals surface area contributed by atoms with Crippen LogP contribution < -0.4 is 20.1 Å². The van der Waals surface area contributed by atoms with Crippen LogP contribution in [0.1, 0.15) is 11.1 Å².